The molecule has 2 amide bonds. The third-order valence-corrected chi connectivity index (χ3v) is 3.65. The number of nitrogens with zero attached hydrogens (tertiary/aromatic N) is 1. The topological polar surface area (TPSA) is 80.3 Å². The summed E-state index contributed by atoms with van der Waals surface area (Å²) < 4.78 is 5.08. The highest BCUT2D eigenvalue weighted by molar-refractivity contribution is 6.06. The van der Waals surface area contributed by atoms with Crippen molar-refractivity contribution in [2.75, 3.05) is 17.7 Å². The molecule has 3 rings (SSSR count). The van der Waals surface area contributed by atoms with Gasteiger partial charge in [0.05, 0.1) is 12.7 Å². The van der Waals surface area contributed by atoms with Gasteiger partial charge in [0.2, 0.25) is 0 Å². The Morgan fingerprint density at radius 1 is 0.846 bits per heavy atom. The van der Waals surface area contributed by atoms with Crippen molar-refractivity contribution in [1.29, 1.82) is 0 Å². The van der Waals surface area contributed by atoms with Crippen LogP contribution < -0.4 is 15.4 Å². The fourth-order valence-electron chi connectivity index (χ4n) is 2.32. The lowest BCUT2D eigenvalue weighted by molar-refractivity contribution is 0.101. The minimum Gasteiger partial charge on any atom is -0.497 e. The SMILES string of the molecule is COc1ccc(C(=O)Nc2cccc(NC(=O)c3cccnc3)c2)cc1. The highest BCUT2D eigenvalue weighted by atomic mass is 16.5. The molecule has 130 valence electrons. The molecule has 0 saturated carbocycles. The van der Waals surface area contributed by atoms with Crippen molar-refractivity contribution in [2.24, 2.45) is 0 Å². The number of amides is 2. The molecule has 1 aromatic heterocycles. The Balaban J connectivity index is 1.68. The van der Waals surface area contributed by atoms with Crippen LogP contribution in [0.1, 0.15) is 20.7 Å². The first-order chi connectivity index (χ1) is 12.7. The van der Waals surface area contributed by atoms with Crippen LogP contribution in [0, 0.1) is 0 Å². The first kappa shape index (κ1) is 17.2. The molecule has 0 saturated heterocycles. The number of ether oxygens (including phenoxy) is 1. The lowest BCUT2D eigenvalue weighted by Crippen LogP contribution is -2.14. The molecular formula is C20H17N3O3. The van der Waals surface area contributed by atoms with Crippen LogP contribution in [-0.4, -0.2) is 23.9 Å². The van der Waals surface area contributed by atoms with Crippen LogP contribution in [0.25, 0.3) is 0 Å². The Morgan fingerprint density at radius 3 is 2.08 bits per heavy atom. The average Bonchev–Trinajstić information content (AvgIpc) is 2.69. The van der Waals surface area contributed by atoms with E-state index >= 15 is 0 Å². The Kier molecular flexibility index (Phi) is 5.24. The Hall–Kier alpha value is -3.67. The van der Waals surface area contributed by atoms with E-state index < -0.39 is 0 Å². The number of carbonyl (C=O) groups is 2. The standard InChI is InChI=1S/C20H17N3O3/c1-26-18-9-7-14(8-10-18)19(24)22-16-5-2-6-17(12-16)23-20(25)15-4-3-11-21-13-15/h2-13H,1H3,(H,22,24)(H,23,25). The van der Waals surface area contributed by atoms with Crippen LogP contribution in [0.5, 0.6) is 5.75 Å². The smallest absolute Gasteiger partial charge is 0.257 e. The maximum absolute atomic E-state index is 12.3. The monoisotopic (exact) mass is 347 g/mol. The molecule has 2 aromatic carbocycles. The highest BCUT2D eigenvalue weighted by Crippen LogP contribution is 2.18. The molecule has 6 heteroatoms. The van der Waals surface area contributed by atoms with Crippen molar-refractivity contribution < 1.29 is 14.3 Å². The molecule has 6 nitrogen and oxygen atoms in total. The van der Waals surface area contributed by atoms with Gasteiger partial charge in [-0.25, -0.2) is 0 Å². The lowest BCUT2D eigenvalue weighted by Gasteiger charge is -2.09. The largest absolute Gasteiger partial charge is 0.497 e. The number of hydrogen-bond donors (Lipinski definition) is 2. The summed E-state index contributed by atoms with van der Waals surface area (Å²) >= 11 is 0. The Labute approximate surface area is 150 Å². The number of methoxy groups -OCH3 is 1. The van der Waals surface area contributed by atoms with Gasteiger partial charge in [0.1, 0.15) is 5.75 Å². The van der Waals surface area contributed by atoms with Crippen LogP contribution in [0.15, 0.2) is 73.1 Å². The molecule has 0 aliphatic heterocycles. The summed E-state index contributed by atoms with van der Waals surface area (Å²) in [6.07, 6.45) is 3.09. The molecule has 0 radical (unpaired) electrons. The minimum atomic E-state index is -0.267. The van der Waals surface area contributed by atoms with E-state index in [1.807, 2.05) is 0 Å². The summed E-state index contributed by atoms with van der Waals surface area (Å²) in [7, 11) is 1.57. The van der Waals surface area contributed by atoms with E-state index in [2.05, 4.69) is 15.6 Å². The van der Waals surface area contributed by atoms with E-state index in [9.17, 15) is 9.59 Å². The van der Waals surface area contributed by atoms with Gasteiger partial charge in [-0.3, -0.25) is 14.6 Å². The van der Waals surface area contributed by atoms with Crippen LogP contribution in [-0.2, 0) is 0 Å². The van der Waals surface area contributed by atoms with E-state index in [1.54, 1.807) is 74.0 Å². The van der Waals surface area contributed by atoms with Gasteiger partial charge < -0.3 is 15.4 Å². The number of pyridine rings is 1. The first-order valence-corrected chi connectivity index (χ1v) is 7.92. The summed E-state index contributed by atoms with van der Waals surface area (Å²) in [5.41, 5.74) is 2.12. The molecule has 0 unspecified atom stereocenters. The number of aromatic nitrogens is 1. The predicted molar refractivity (Wildman–Crippen MR) is 99.6 cm³/mol. The van der Waals surface area contributed by atoms with Gasteiger partial charge in [0.15, 0.2) is 0 Å². The van der Waals surface area contributed by atoms with Crippen molar-refractivity contribution in [3.63, 3.8) is 0 Å². The zero-order valence-corrected chi connectivity index (χ0v) is 14.1. The van der Waals surface area contributed by atoms with Crippen LogP contribution in [0.4, 0.5) is 11.4 Å². The zero-order valence-electron chi connectivity index (χ0n) is 14.1. The maximum Gasteiger partial charge on any atom is 0.257 e. The predicted octanol–water partition coefficient (Wildman–Crippen LogP) is 3.59. The number of carbonyl (C=O) groups excluding carboxylic acids is 2. The molecule has 0 spiro atoms. The molecular weight excluding hydrogens is 330 g/mol. The second-order valence-electron chi connectivity index (χ2n) is 5.46. The molecule has 0 atom stereocenters. The number of benzene rings is 2. The molecule has 26 heavy (non-hydrogen) atoms. The normalized spacial score (nSPS) is 10.0. The summed E-state index contributed by atoms with van der Waals surface area (Å²) in [4.78, 5) is 28.4. The van der Waals surface area contributed by atoms with Crippen molar-refractivity contribution in [3.05, 3.63) is 84.2 Å². The first-order valence-electron chi connectivity index (χ1n) is 7.92. The zero-order chi connectivity index (χ0) is 18.4. The van der Waals surface area contributed by atoms with E-state index in [0.717, 1.165) is 0 Å². The van der Waals surface area contributed by atoms with Gasteiger partial charge in [0, 0.05) is 29.3 Å². The van der Waals surface area contributed by atoms with Gasteiger partial charge in [0.25, 0.3) is 11.8 Å². The summed E-state index contributed by atoms with van der Waals surface area (Å²) in [6.45, 7) is 0. The molecule has 0 aliphatic rings. The van der Waals surface area contributed by atoms with E-state index in [1.165, 1.54) is 6.20 Å². The van der Waals surface area contributed by atoms with Crippen molar-refractivity contribution >= 4 is 23.2 Å². The van der Waals surface area contributed by atoms with Crippen molar-refractivity contribution in [2.45, 2.75) is 0 Å². The molecule has 2 N–H and O–H groups in total. The van der Waals surface area contributed by atoms with Crippen molar-refractivity contribution in [3.8, 4) is 5.75 Å². The lowest BCUT2D eigenvalue weighted by atomic mass is 10.2. The fourth-order valence-corrected chi connectivity index (χ4v) is 2.32. The van der Waals surface area contributed by atoms with Gasteiger partial charge in [-0.1, -0.05) is 6.07 Å². The quantitative estimate of drug-likeness (QED) is 0.739. The van der Waals surface area contributed by atoms with Gasteiger partial charge >= 0.3 is 0 Å². The van der Waals surface area contributed by atoms with Crippen LogP contribution >= 0.6 is 0 Å². The summed E-state index contributed by atoms with van der Waals surface area (Å²) in [6, 6.07) is 17.1. The second-order valence-corrected chi connectivity index (χ2v) is 5.46. The summed E-state index contributed by atoms with van der Waals surface area (Å²) in [5.74, 6) is 0.168. The molecule has 1 heterocycles. The summed E-state index contributed by atoms with van der Waals surface area (Å²) in [5, 5.41) is 5.59. The Bertz CT molecular complexity index is 909. The molecule has 3 aromatic rings. The highest BCUT2D eigenvalue weighted by Gasteiger charge is 2.09. The van der Waals surface area contributed by atoms with Gasteiger partial charge in [-0.15, -0.1) is 0 Å². The van der Waals surface area contributed by atoms with Crippen LogP contribution in [0.2, 0.25) is 0 Å². The number of anilines is 2. The Morgan fingerprint density at radius 2 is 1.50 bits per heavy atom. The fraction of sp³-hybridized carbons (Fsp3) is 0.0500. The number of hydrogen-bond acceptors (Lipinski definition) is 4. The molecule has 0 bridgehead atoms. The van der Waals surface area contributed by atoms with E-state index in [0.29, 0.717) is 28.3 Å². The number of nitrogens with one attached hydrogen (secondary N) is 2. The van der Waals surface area contributed by atoms with Crippen molar-refractivity contribution in [1.82, 2.24) is 4.98 Å². The van der Waals surface area contributed by atoms with Gasteiger partial charge in [-0.2, -0.15) is 0 Å². The molecule has 0 aliphatic carbocycles. The maximum atomic E-state index is 12.3. The second kappa shape index (κ2) is 7.94. The average molecular weight is 347 g/mol. The number of rotatable bonds is 5. The minimum absolute atomic E-state index is 0.247. The molecule has 0 fully saturated rings. The van der Waals surface area contributed by atoms with E-state index in [4.69, 9.17) is 4.74 Å². The van der Waals surface area contributed by atoms with Gasteiger partial charge in [-0.05, 0) is 54.6 Å². The van der Waals surface area contributed by atoms with Crippen LogP contribution in [0.3, 0.4) is 0 Å². The third-order valence-electron chi connectivity index (χ3n) is 3.65. The third kappa shape index (κ3) is 4.24. The van der Waals surface area contributed by atoms with E-state index in [-0.39, 0.29) is 11.8 Å².